The molecule has 0 aromatic rings. The van der Waals surface area contributed by atoms with E-state index in [1.165, 1.54) is 0 Å². The molecule has 0 atom stereocenters. The van der Waals surface area contributed by atoms with Crippen LogP contribution in [0.3, 0.4) is 0 Å². The van der Waals surface area contributed by atoms with Gasteiger partial charge in [-0.2, -0.15) is 0 Å². The summed E-state index contributed by atoms with van der Waals surface area (Å²) >= 11 is 0. The molecule has 0 unspecified atom stereocenters. The van der Waals surface area contributed by atoms with E-state index in [9.17, 15) is 4.79 Å². The third-order valence-electron chi connectivity index (χ3n) is 3.41. The zero-order valence-corrected chi connectivity index (χ0v) is 10.1. The van der Waals surface area contributed by atoms with Crippen molar-refractivity contribution in [3.8, 4) is 0 Å². The minimum Gasteiger partial charge on any atom is -0.409 e. The molecule has 0 radical (unpaired) electrons. The monoisotopic (exact) mass is 227 g/mol. The Morgan fingerprint density at radius 2 is 2.06 bits per heavy atom. The van der Waals surface area contributed by atoms with Gasteiger partial charge in [0.05, 0.1) is 0 Å². The Balaban J connectivity index is 2.54. The largest absolute Gasteiger partial charge is 0.409 e. The molecule has 1 aliphatic heterocycles. The van der Waals surface area contributed by atoms with E-state index in [0.717, 1.165) is 19.3 Å². The topological polar surface area (TPSA) is 78.9 Å². The van der Waals surface area contributed by atoms with Crippen molar-refractivity contribution in [2.75, 3.05) is 13.1 Å². The van der Waals surface area contributed by atoms with Gasteiger partial charge >= 0.3 is 0 Å². The first-order chi connectivity index (χ1) is 7.53. The Morgan fingerprint density at radius 3 is 2.50 bits per heavy atom. The van der Waals surface area contributed by atoms with Gasteiger partial charge < -0.3 is 15.8 Å². The second-order valence-corrected chi connectivity index (χ2v) is 4.68. The van der Waals surface area contributed by atoms with Gasteiger partial charge in [-0.3, -0.25) is 4.79 Å². The van der Waals surface area contributed by atoms with Crippen LogP contribution in [0.1, 0.15) is 39.5 Å². The number of carbonyl (C=O) groups excluding carboxylic acids is 1. The van der Waals surface area contributed by atoms with Gasteiger partial charge in [0, 0.05) is 24.9 Å². The molecule has 1 saturated heterocycles. The smallest absolute Gasteiger partial charge is 0.222 e. The predicted molar refractivity (Wildman–Crippen MR) is 62.2 cm³/mol. The van der Waals surface area contributed by atoms with Crippen LogP contribution in [0.4, 0.5) is 0 Å². The molecule has 5 heteroatoms. The fraction of sp³-hybridized carbons (Fsp3) is 0.818. The van der Waals surface area contributed by atoms with Crippen LogP contribution in [0, 0.1) is 5.41 Å². The number of nitrogens with zero attached hydrogens (tertiary/aromatic N) is 2. The highest BCUT2D eigenvalue weighted by Crippen LogP contribution is 2.31. The van der Waals surface area contributed by atoms with Crippen LogP contribution in [-0.2, 0) is 4.79 Å². The number of hydrogen-bond donors (Lipinski definition) is 2. The summed E-state index contributed by atoms with van der Waals surface area (Å²) < 4.78 is 0. The first-order valence-electron chi connectivity index (χ1n) is 5.79. The normalized spacial score (nSPS) is 20.9. The van der Waals surface area contributed by atoms with Crippen LogP contribution < -0.4 is 5.73 Å². The van der Waals surface area contributed by atoms with Gasteiger partial charge in [0.2, 0.25) is 5.91 Å². The maximum absolute atomic E-state index is 11.7. The van der Waals surface area contributed by atoms with Crippen LogP contribution in [0.25, 0.3) is 0 Å². The Bertz CT molecular complexity index is 281. The summed E-state index contributed by atoms with van der Waals surface area (Å²) in [6.45, 7) is 5.38. The number of amidine groups is 1. The number of nitrogens with two attached hydrogens (primary N) is 1. The first kappa shape index (κ1) is 12.8. The summed E-state index contributed by atoms with van der Waals surface area (Å²) in [5.41, 5.74) is 5.39. The molecule has 16 heavy (non-hydrogen) atoms. The van der Waals surface area contributed by atoms with Gasteiger partial charge in [-0.05, 0) is 19.3 Å². The molecule has 5 nitrogen and oxygen atoms in total. The zero-order valence-electron chi connectivity index (χ0n) is 10.1. The molecule has 1 aliphatic rings. The highest BCUT2D eigenvalue weighted by molar-refractivity contribution is 5.86. The standard InChI is InChI=1S/C11H21N3O2/c1-3-4-9(15)14-7-5-11(2,6-8-14)10(12)13-16/h16H,3-8H2,1-2H3,(H2,12,13). The third kappa shape index (κ3) is 2.65. The summed E-state index contributed by atoms with van der Waals surface area (Å²) in [6, 6.07) is 0. The number of hydrogen-bond acceptors (Lipinski definition) is 3. The van der Waals surface area contributed by atoms with Gasteiger partial charge in [0.1, 0.15) is 5.84 Å². The van der Waals surface area contributed by atoms with Gasteiger partial charge in [0.25, 0.3) is 0 Å². The van der Waals surface area contributed by atoms with Crippen LogP contribution in [0.5, 0.6) is 0 Å². The maximum Gasteiger partial charge on any atom is 0.222 e. The van der Waals surface area contributed by atoms with Crippen molar-refractivity contribution in [1.82, 2.24) is 4.90 Å². The lowest BCUT2D eigenvalue weighted by molar-refractivity contribution is -0.132. The predicted octanol–water partition coefficient (Wildman–Crippen LogP) is 1.16. The second-order valence-electron chi connectivity index (χ2n) is 4.68. The summed E-state index contributed by atoms with van der Waals surface area (Å²) in [6.07, 6.45) is 3.02. The number of piperidine rings is 1. The minimum atomic E-state index is -0.266. The summed E-state index contributed by atoms with van der Waals surface area (Å²) in [5.74, 6) is 0.485. The fourth-order valence-electron chi connectivity index (χ4n) is 2.00. The lowest BCUT2D eigenvalue weighted by Gasteiger charge is -2.38. The molecule has 92 valence electrons. The van der Waals surface area contributed by atoms with Gasteiger partial charge in [-0.15, -0.1) is 0 Å². The lowest BCUT2D eigenvalue weighted by atomic mass is 9.79. The molecule has 1 amide bonds. The molecule has 0 aliphatic carbocycles. The van der Waals surface area contributed by atoms with E-state index in [1.54, 1.807) is 0 Å². The quantitative estimate of drug-likeness (QED) is 0.329. The Labute approximate surface area is 96.3 Å². The van der Waals surface area contributed by atoms with Crippen molar-refractivity contribution in [2.45, 2.75) is 39.5 Å². The Kier molecular flexibility index (Phi) is 4.15. The summed E-state index contributed by atoms with van der Waals surface area (Å²) in [4.78, 5) is 13.5. The van der Waals surface area contributed by atoms with E-state index in [1.807, 2.05) is 18.7 Å². The molecule has 1 fully saturated rings. The van der Waals surface area contributed by atoms with Crippen molar-refractivity contribution in [3.63, 3.8) is 0 Å². The number of carbonyl (C=O) groups is 1. The van der Waals surface area contributed by atoms with E-state index in [4.69, 9.17) is 10.9 Å². The molecule has 0 bridgehead atoms. The summed E-state index contributed by atoms with van der Waals surface area (Å²) in [7, 11) is 0. The Hall–Kier alpha value is -1.26. The highest BCUT2D eigenvalue weighted by Gasteiger charge is 2.35. The Morgan fingerprint density at radius 1 is 1.50 bits per heavy atom. The van der Waals surface area contributed by atoms with E-state index in [-0.39, 0.29) is 17.2 Å². The van der Waals surface area contributed by atoms with Gasteiger partial charge in [0.15, 0.2) is 0 Å². The van der Waals surface area contributed by atoms with Crippen molar-refractivity contribution in [3.05, 3.63) is 0 Å². The van der Waals surface area contributed by atoms with Crippen LogP contribution in [0.15, 0.2) is 5.16 Å². The zero-order chi connectivity index (χ0) is 12.2. The average Bonchev–Trinajstić information content (AvgIpc) is 2.29. The van der Waals surface area contributed by atoms with Gasteiger partial charge in [-0.1, -0.05) is 19.0 Å². The maximum atomic E-state index is 11.7. The number of oxime groups is 1. The molecule has 0 spiro atoms. The SMILES string of the molecule is CCCC(=O)N1CCC(C)(C(N)=NO)CC1. The molecular weight excluding hydrogens is 206 g/mol. The lowest BCUT2D eigenvalue weighted by Crippen LogP contribution is -2.47. The average molecular weight is 227 g/mol. The van der Waals surface area contributed by atoms with E-state index in [2.05, 4.69) is 5.16 Å². The van der Waals surface area contributed by atoms with Crippen molar-refractivity contribution >= 4 is 11.7 Å². The molecule has 3 N–H and O–H groups in total. The molecule has 0 saturated carbocycles. The highest BCUT2D eigenvalue weighted by atomic mass is 16.4. The number of likely N-dealkylation sites (tertiary alicyclic amines) is 1. The van der Waals surface area contributed by atoms with Gasteiger partial charge in [-0.25, -0.2) is 0 Å². The minimum absolute atomic E-state index is 0.212. The third-order valence-corrected chi connectivity index (χ3v) is 3.41. The van der Waals surface area contributed by atoms with Crippen LogP contribution in [0.2, 0.25) is 0 Å². The van der Waals surface area contributed by atoms with Crippen molar-refractivity contribution in [2.24, 2.45) is 16.3 Å². The molecule has 0 aromatic heterocycles. The van der Waals surface area contributed by atoms with E-state index in [0.29, 0.717) is 19.5 Å². The van der Waals surface area contributed by atoms with Crippen molar-refractivity contribution in [1.29, 1.82) is 0 Å². The van der Waals surface area contributed by atoms with E-state index >= 15 is 0 Å². The first-order valence-corrected chi connectivity index (χ1v) is 5.79. The second kappa shape index (κ2) is 5.18. The fourth-order valence-corrected chi connectivity index (χ4v) is 2.00. The van der Waals surface area contributed by atoms with E-state index < -0.39 is 0 Å². The number of amides is 1. The van der Waals surface area contributed by atoms with Crippen LogP contribution >= 0.6 is 0 Å². The number of rotatable bonds is 3. The van der Waals surface area contributed by atoms with Crippen molar-refractivity contribution < 1.29 is 10.0 Å². The van der Waals surface area contributed by atoms with Crippen LogP contribution in [-0.4, -0.2) is 34.9 Å². The molecule has 0 aromatic carbocycles. The molecular formula is C11H21N3O2. The summed E-state index contributed by atoms with van der Waals surface area (Å²) in [5, 5.41) is 11.8. The molecule has 1 rings (SSSR count). The molecule has 1 heterocycles.